The van der Waals surface area contributed by atoms with Crippen LogP contribution in [0.5, 0.6) is 0 Å². The summed E-state index contributed by atoms with van der Waals surface area (Å²) < 4.78 is 38.8. The van der Waals surface area contributed by atoms with Crippen LogP contribution in [0.4, 0.5) is 9.02 Å². The molecule has 0 unspecified atom stereocenters. The highest BCUT2D eigenvalue weighted by molar-refractivity contribution is 7.88. The predicted molar refractivity (Wildman–Crippen MR) is 69.0 cm³/mol. The summed E-state index contributed by atoms with van der Waals surface area (Å²) in [6.07, 6.45) is 4.26. The average Bonchev–Trinajstić information content (AvgIpc) is 2.91. The Hall–Kier alpha value is -1.74. The minimum absolute atomic E-state index is 0.0224. The van der Waals surface area contributed by atoms with E-state index in [0.29, 0.717) is 22.7 Å². The Bertz CT molecular complexity index is 761. The molecule has 1 aliphatic carbocycles. The zero-order valence-electron chi connectivity index (χ0n) is 10.00. The molecule has 2 aromatic rings. The predicted octanol–water partition coefficient (Wildman–Crippen LogP) is 2.52. The maximum absolute atomic E-state index is 12.7. The molecular weight excluding hydrogens is 307 g/mol. The summed E-state index contributed by atoms with van der Waals surface area (Å²) in [7, 11) is -4.80. The molecule has 0 aromatic carbocycles. The van der Waals surface area contributed by atoms with E-state index in [9.17, 15) is 17.1 Å². The van der Waals surface area contributed by atoms with E-state index in [1.165, 1.54) is 6.26 Å². The molecule has 1 fully saturated rings. The number of amides is 1. The van der Waals surface area contributed by atoms with Crippen LogP contribution in [0.15, 0.2) is 27.2 Å². The van der Waals surface area contributed by atoms with Crippen LogP contribution < -0.4 is 5.32 Å². The second-order valence-corrected chi connectivity index (χ2v) is 6.95. The molecular formula is C11H9FN2O4S2. The number of carbonyl (C=O) groups excluding carboxylic acids is 1. The highest BCUT2D eigenvalue weighted by Gasteiger charge is 2.31. The molecule has 106 valence electrons. The zero-order valence-corrected chi connectivity index (χ0v) is 11.6. The molecule has 9 heteroatoms. The summed E-state index contributed by atoms with van der Waals surface area (Å²) >= 11 is 0.559. The van der Waals surface area contributed by atoms with Crippen LogP contribution in [0.25, 0.3) is 0 Å². The Morgan fingerprint density at radius 1 is 1.50 bits per heavy atom. The van der Waals surface area contributed by atoms with Gasteiger partial charge in [-0.3, -0.25) is 10.1 Å². The molecule has 1 saturated carbocycles. The van der Waals surface area contributed by atoms with Gasteiger partial charge in [-0.15, -0.1) is 0 Å². The summed E-state index contributed by atoms with van der Waals surface area (Å²) in [6.45, 7) is 0. The minimum Gasteiger partial charge on any atom is -0.468 e. The van der Waals surface area contributed by atoms with Crippen LogP contribution >= 0.6 is 11.3 Å². The first-order valence-corrected chi connectivity index (χ1v) is 7.94. The number of hydrogen-bond acceptors (Lipinski definition) is 6. The van der Waals surface area contributed by atoms with Gasteiger partial charge in [-0.05, 0) is 18.9 Å². The number of thiazole rings is 1. The third kappa shape index (κ3) is 2.59. The van der Waals surface area contributed by atoms with E-state index < -0.39 is 20.3 Å². The zero-order chi connectivity index (χ0) is 14.3. The summed E-state index contributed by atoms with van der Waals surface area (Å²) in [6, 6.07) is 1.55. The second-order valence-electron chi connectivity index (χ2n) is 4.35. The molecule has 0 radical (unpaired) electrons. The molecule has 3 rings (SSSR count). The van der Waals surface area contributed by atoms with Gasteiger partial charge in [-0.2, -0.15) is 8.42 Å². The Kier molecular flexibility index (Phi) is 3.09. The Morgan fingerprint density at radius 3 is 2.85 bits per heavy atom. The molecule has 2 aromatic heterocycles. The van der Waals surface area contributed by atoms with Crippen molar-refractivity contribution in [3.8, 4) is 0 Å². The number of hydrogen-bond donors (Lipinski definition) is 1. The quantitative estimate of drug-likeness (QED) is 0.875. The van der Waals surface area contributed by atoms with E-state index in [-0.39, 0.29) is 11.0 Å². The molecule has 0 saturated heterocycles. The number of rotatable bonds is 4. The fourth-order valence-electron chi connectivity index (χ4n) is 1.76. The number of anilines is 1. The highest BCUT2D eigenvalue weighted by atomic mass is 32.3. The van der Waals surface area contributed by atoms with Crippen LogP contribution in [-0.2, 0) is 10.2 Å². The van der Waals surface area contributed by atoms with Crippen molar-refractivity contribution in [1.29, 1.82) is 0 Å². The highest BCUT2D eigenvalue weighted by Crippen LogP contribution is 2.42. The Labute approximate surface area is 117 Å². The average molecular weight is 316 g/mol. The molecule has 20 heavy (non-hydrogen) atoms. The van der Waals surface area contributed by atoms with Crippen LogP contribution in [-0.4, -0.2) is 19.3 Å². The van der Waals surface area contributed by atoms with Crippen molar-refractivity contribution < 1.29 is 21.5 Å². The van der Waals surface area contributed by atoms with E-state index in [1.807, 2.05) is 0 Å². The molecule has 0 aliphatic heterocycles. The number of nitrogens with one attached hydrogen (secondary N) is 1. The molecule has 0 spiro atoms. The maximum Gasteiger partial charge on any atom is 0.343 e. The lowest BCUT2D eigenvalue weighted by Gasteiger charge is -2.01. The van der Waals surface area contributed by atoms with E-state index in [2.05, 4.69) is 10.3 Å². The summed E-state index contributed by atoms with van der Waals surface area (Å²) in [4.78, 5) is 15.7. The SMILES string of the molecule is O=C(Nc1ncc(S(=O)(=O)F)s1)c1ccoc1C1CC1. The largest absolute Gasteiger partial charge is 0.468 e. The maximum atomic E-state index is 12.7. The van der Waals surface area contributed by atoms with Gasteiger partial charge in [0.1, 0.15) is 5.76 Å². The first kappa shape index (κ1) is 13.3. The van der Waals surface area contributed by atoms with Gasteiger partial charge >= 0.3 is 10.2 Å². The van der Waals surface area contributed by atoms with Crippen LogP contribution in [0, 0.1) is 0 Å². The van der Waals surface area contributed by atoms with Crippen molar-refractivity contribution in [2.75, 3.05) is 5.32 Å². The van der Waals surface area contributed by atoms with Crippen molar-refractivity contribution in [2.24, 2.45) is 0 Å². The molecule has 2 heterocycles. The van der Waals surface area contributed by atoms with Gasteiger partial charge in [-0.25, -0.2) is 4.98 Å². The number of halogens is 1. The van der Waals surface area contributed by atoms with Gasteiger partial charge in [-0.1, -0.05) is 15.2 Å². The molecule has 6 nitrogen and oxygen atoms in total. The Balaban J connectivity index is 1.79. The van der Waals surface area contributed by atoms with E-state index in [0.717, 1.165) is 19.0 Å². The van der Waals surface area contributed by atoms with Gasteiger partial charge in [0.2, 0.25) is 0 Å². The van der Waals surface area contributed by atoms with Crippen molar-refractivity contribution in [2.45, 2.75) is 23.0 Å². The third-order valence-electron chi connectivity index (χ3n) is 2.83. The summed E-state index contributed by atoms with van der Waals surface area (Å²) in [5.74, 6) is 0.444. The van der Waals surface area contributed by atoms with Crippen LogP contribution in [0.3, 0.4) is 0 Å². The van der Waals surface area contributed by atoms with Gasteiger partial charge in [0.15, 0.2) is 9.34 Å². The van der Waals surface area contributed by atoms with Crippen molar-refractivity contribution in [1.82, 2.24) is 4.98 Å². The Morgan fingerprint density at radius 2 is 2.25 bits per heavy atom. The summed E-state index contributed by atoms with van der Waals surface area (Å²) in [5.41, 5.74) is 0.396. The smallest absolute Gasteiger partial charge is 0.343 e. The lowest BCUT2D eigenvalue weighted by atomic mass is 10.2. The van der Waals surface area contributed by atoms with Crippen LogP contribution in [0.1, 0.15) is 34.9 Å². The first-order chi connectivity index (χ1) is 9.45. The fourth-order valence-corrected chi connectivity index (χ4v) is 3.12. The number of nitrogens with zero attached hydrogens (tertiary/aromatic N) is 1. The van der Waals surface area contributed by atoms with Gasteiger partial charge in [0.25, 0.3) is 5.91 Å². The molecule has 1 aliphatic rings. The lowest BCUT2D eigenvalue weighted by Crippen LogP contribution is -2.12. The van der Waals surface area contributed by atoms with Gasteiger partial charge in [0, 0.05) is 5.92 Å². The van der Waals surface area contributed by atoms with Crippen molar-refractivity contribution in [3.63, 3.8) is 0 Å². The lowest BCUT2D eigenvalue weighted by molar-refractivity contribution is 0.102. The van der Waals surface area contributed by atoms with E-state index in [4.69, 9.17) is 4.42 Å². The fraction of sp³-hybridized carbons (Fsp3) is 0.273. The number of carbonyl (C=O) groups is 1. The van der Waals surface area contributed by atoms with Gasteiger partial charge in [0.05, 0.1) is 18.0 Å². The molecule has 1 amide bonds. The second kappa shape index (κ2) is 4.67. The van der Waals surface area contributed by atoms with Crippen molar-refractivity contribution >= 4 is 32.6 Å². The first-order valence-electron chi connectivity index (χ1n) is 5.74. The minimum atomic E-state index is -4.80. The van der Waals surface area contributed by atoms with E-state index in [1.54, 1.807) is 6.07 Å². The monoisotopic (exact) mass is 316 g/mol. The number of furan rings is 1. The normalized spacial score (nSPS) is 15.2. The van der Waals surface area contributed by atoms with Crippen molar-refractivity contribution in [3.05, 3.63) is 29.9 Å². The summed E-state index contributed by atoms with van der Waals surface area (Å²) in [5, 5.41) is 2.46. The van der Waals surface area contributed by atoms with Gasteiger partial charge < -0.3 is 4.42 Å². The molecule has 0 atom stereocenters. The van der Waals surface area contributed by atoms with E-state index >= 15 is 0 Å². The molecule has 1 N–H and O–H groups in total. The standard InChI is InChI=1S/C11H9FN2O4S2/c12-20(16,17)8-5-13-11(19-8)14-10(15)7-3-4-18-9(7)6-1-2-6/h3-6H,1-2H2,(H,13,14,15). The number of aromatic nitrogens is 1. The topological polar surface area (TPSA) is 89.3 Å². The third-order valence-corrected chi connectivity index (χ3v) is 4.97. The van der Waals surface area contributed by atoms with Crippen LogP contribution in [0.2, 0.25) is 0 Å². The molecule has 0 bridgehead atoms.